The van der Waals surface area contributed by atoms with Gasteiger partial charge in [0.25, 0.3) is 0 Å². The van der Waals surface area contributed by atoms with Gasteiger partial charge in [-0.25, -0.2) is 9.59 Å². The van der Waals surface area contributed by atoms with Gasteiger partial charge in [0.15, 0.2) is 0 Å². The molecule has 134 valence electrons. The number of nitrogens with one attached hydrogen (secondary N) is 1. The molecule has 2 N–H and O–H groups in total. The molecule has 1 amide bonds. The van der Waals surface area contributed by atoms with E-state index in [1.807, 2.05) is 48.5 Å². The molecular formula is C21H21NO4. The Balaban J connectivity index is 1.49. The van der Waals surface area contributed by atoms with E-state index in [0.717, 1.165) is 30.4 Å². The first-order valence-electron chi connectivity index (χ1n) is 8.87. The van der Waals surface area contributed by atoms with Gasteiger partial charge in [0.05, 0.1) is 0 Å². The van der Waals surface area contributed by atoms with Gasteiger partial charge in [-0.1, -0.05) is 54.6 Å². The van der Waals surface area contributed by atoms with Crippen molar-refractivity contribution in [3.8, 4) is 0 Å². The molecule has 2 aromatic carbocycles. The third kappa shape index (κ3) is 3.05. The summed E-state index contributed by atoms with van der Waals surface area (Å²) in [4.78, 5) is 24.2. The summed E-state index contributed by atoms with van der Waals surface area (Å²) in [5.41, 5.74) is 3.07. The second kappa shape index (κ2) is 6.48. The van der Waals surface area contributed by atoms with Gasteiger partial charge in [-0.05, 0) is 41.4 Å². The van der Waals surface area contributed by atoms with E-state index in [2.05, 4.69) is 11.4 Å². The Morgan fingerprint density at radius 2 is 1.81 bits per heavy atom. The second-order valence-electron chi connectivity index (χ2n) is 7.24. The van der Waals surface area contributed by atoms with Crippen molar-refractivity contribution in [2.75, 3.05) is 0 Å². The van der Waals surface area contributed by atoms with E-state index in [1.54, 1.807) is 0 Å². The molecule has 0 saturated heterocycles. The third-order valence-corrected chi connectivity index (χ3v) is 5.57. The predicted octanol–water partition coefficient (Wildman–Crippen LogP) is 3.49. The maximum Gasteiger partial charge on any atom is 0.408 e. The van der Waals surface area contributed by atoms with Crippen LogP contribution in [-0.2, 0) is 22.6 Å². The normalized spacial score (nSPS) is 20.2. The van der Waals surface area contributed by atoms with Crippen molar-refractivity contribution in [1.29, 1.82) is 0 Å². The molecule has 5 heteroatoms. The van der Waals surface area contributed by atoms with Crippen molar-refractivity contribution in [1.82, 2.24) is 5.32 Å². The maximum absolute atomic E-state index is 12.2. The minimum atomic E-state index is -1.02. The molecule has 2 atom stereocenters. The Kier molecular flexibility index (Phi) is 4.15. The number of carboxylic acids is 1. The van der Waals surface area contributed by atoms with Crippen molar-refractivity contribution in [3.05, 3.63) is 71.3 Å². The topological polar surface area (TPSA) is 75.6 Å². The fourth-order valence-electron chi connectivity index (χ4n) is 4.18. The smallest absolute Gasteiger partial charge is 0.408 e. The van der Waals surface area contributed by atoms with Crippen molar-refractivity contribution in [2.24, 2.45) is 5.41 Å². The Morgan fingerprint density at radius 3 is 2.50 bits per heavy atom. The molecule has 2 aliphatic rings. The lowest BCUT2D eigenvalue weighted by Gasteiger charge is -2.27. The molecule has 1 fully saturated rings. The highest BCUT2D eigenvalue weighted by Gasteiger charge is 2.58. The number of ether oxygens (including phenoxy) is 1. The number of rotatable bonds is 5. The number of carbonyl (C=O) groups is 2. The van der Waals surface area contributed by atoms with E-state index in [0.29, 0.717) is 0 Å². The van der Waals surface area contributed by atoms with Crippen molar-refractivity contribution < 1.29 is 19.4 Å². The average Bonchev–Trinajstić information content (AvgIpc) is 3.33. The van der Waals surface area contributed by atoms with Gasteiger partial charge in [-0.15, -0.1) is 0 Å². The van der Waals surface area contributed by atoms with Crippen LogP contribution < -0.4 is 5.32 Å². The van der Waals surface area contributed by atoms with Gasteiger partial charge >= 0.3 is 12.1 Å². The highest BCUT2D eigenvalue weighted by molar-refractivity contribution is 5.81. The fourth-order valence-corrected chi connectivity index (χ4v) is 4.18. The summed E-state index contributed by atoms with van der Waals surface area (Å²) in [5, 5.41) is 12.4. The largest absolute Gasteiger partial charge is 0.480 e. The molecule has 2 aromatic rings. The summed E-state index contributed by atoms with van der Waals surface area (Å²) in [5.74, 6) is -1.23. The SMILES string of the molecule is O=C(NC(C(=O)O)C1c2ccccc2CC12CC2)OCc1ccccc1. The molecular weight excluding hydrogens is 330 g/mol. The van der Waals surface area contributed by atoms with E-state index in [1.165, 1.54) is 5.56 Å². The number of benzene rings is 2. The molecule has 1 saturated carbocycles. The highest BCUT2D eigenvalue weighted by atomic mass is 16.5. The summed E-state index contributed by atoms with van der Waals surface area (Å²) in [7, 11) is 0. The highest BCUT2D eigenvalue weighted by Crippen LogP contribution is 2.64. The zero-order valence-electron chi connectivity index (χ0n) is 14.4. The monoisotopic (exact) mass is 351 g/mol. The lowest BCUT2D eigenvalue weighted by Crippen LogP contribution is -2.46. The van der Waals surface area contributed by atoms with Gasteiger partial charge in [-0.2, -0.15) is 0 Å². The molecule has 4 rings (SSSR count). The number of hydrogen-bond acceptors (Lipinski definition) is 3. The minimum absolute atomic E-state index is 0.0283. The Bertz CT molecular complexity index is 829. The van der Waals surface area contributed by atoms with Crippen LogP contribution in [-0.4, -0.2) is 23.2 Å². The molecule has 0 aromatic heterocycles. The molecule has 26 heavy (non-hydrogen) atoms. The van der Waals surface area contributed by atoms with Gasteiger partial charge in [0.1, 0.15) is 12.6 Å². The molecule has 0 radical (unpaired) electrons. The molecule has 1 spiro atoms. The van der Waals surface area contributed by atoms with Crippen LogP contribution in [0, 0.1) is 5.41 Å². The predicted molar refractivity (Wildman–Crippen MR) is 95.7 cm³/mol. The number of hydrogen-bond donors (Lipinski definition) is 2. The lowest BCUT2D eigenvalue weighted by molar-refractivity contribution is -0.140. The quantitative estimate of drug-likeness (QED) is 0.865. The van der Waals surface area contributed by atoms with Crippen molar-refractivity contribution in [2.45, 2.75) is 37.8 Å². The van der Waals surface area contributed by atoms with Crippen LogP contribution in [0.5, 0.6) is 0 Å². The lowest BCUT2D eigenvalue weighted by atomic mass is 9.83. The molecule has 0 bridgehead atoms. The second-order valence-corrected chi connectivity index (χ2v) is 7.24. The van der Waals surface area contributed by atoms with Crippen molar-refractivity contribution in [3.63, 3.8) is 0 Å². The molecule has 0 aliphatic heterocycles. The van der Waals surface area contributed by atoms with Gasteiger partial charge in [0.2, 0.25) is 0 Å². The van der Waals surface area contributed by atoms with E-state index in [4.69, 9.17) is 4.74 Å². The first kappa shape index (κ1) is 16.6. The number of amides is 1. The third-order valence-electron chi connectivity index (χ3n) is 5.57. The summed E-state index contributed by atoms with van der Waals surface area (Å²) < 4.78 is 5.23. The average molecular weight is 351 g/mol. The summed E-state index contributed by atoms with van der Waals surface area (Å²) >= 11 is 0. The first-order chi connectivity index (χ1) is 12.6. The Labute approximate surface area is 152 Å². The van der Waals surface area contributed by atoms with E-state index < -0.39 is 18.1 Å². The molecule has 2 aliphatic carbocycles. The Hall–Kier alpha value is -2.82. The first-order valence-corrected chi connectivity index (χ1v) is 8.87. The Morgan fingerprint density at radius 1 is 1.12 bits per heavy atom. The number of carboxylic acid groups (broad SMARTS) is 1. The molecule has 5 nitrogen and oxygen atoms in total. The number of carbonyl (C=O) groups excluding carboxylic acids is 1. The van der Waals surface area contributed by atoms with Crippen molar-refractivity contribution >= 4 is 12.1 Å². The van der Waals surface area contributed by atoms with Crippen LogP contribution in [0.25, 0.3) is 0 Å². The van der Waals surface area contributed by atoms with Crippen LogP contribution >= 0.6 is 0 Å². The number of aliphatic carboxylic acids is 1. The van der Waals surface area contributed by atoms with Crippen LogP contribution in [0.4, 0.5) is 4.79 Å². The van der Waals surface area contributed by atoms with Crippen LogP contribution in [0.15, 0.2) is 54.6 Å². The standard InChI is InChI=1S/C21H21NO4/c23-19(24)18(22-20(25)26-13-14-6-2-1-3-7-14)17-16-9-5-4-8-15(16)12-21(17)10-11-21/h1-9,17-18H,10-13H2,(H,22,25)(H,23,24). The summed E-state index contributed by atoms with van der Waals surface area (Å²) in [6, 6.07) is 16.3. The molecule has 2 unspecified atom stereocenters. The van der Waals surface area contributed by atoms with Crippen LogP contribution in [0.2, 0.25) is 0 Å². The minimum Gasteiger partial charge on any atom is -0.480 e. The van der Waals surface area contributed by atoms with E-state index >= 15 is 0 Å². The van der Waals surface area contributed by atoms with Gasteiger partial charge in [-0.3, -0.25) is 0 Å². The van der Waals surface area contributed by atoms with Crippen LogP contribution in [0.3, 0.4) is 0 Å². The molecule has 0 heterocycles. The summed E-state index contributed by atoms with van der Waals surface area (Å²) in [6.07, 6.45) is 2.19. The van der Waals surface area contributed by atoms with E-state index in [9.17, 15) is 14.7 Å². The zero-order valence-corrected chi connectivity index (χ0v) is 14.4. The van der Waals surface area contributed by atoms with E-state index in [-0.39, 0.29) is 17.9 Å². The number of alkyl carbamates (subject to hydrolysis) is 1. The summed E-state index contributed by atoms with van der Waals surface area (Å²) in [6.45, 7) is 0.116. The zero-order chi connectivity index (χ0) is 18.1. The maximum atomic E-state index is 12.2. The van der Waals surface area contributed by atoms with Crippen LogP contribution in [0.1, 0.15) is 35.4 Å². The number of fused-ring (bicyclic) bond motifs is 1. The van der Waals surface area contributed by atoms with Gasteiger partial charge < -0.3 is 15.2 Å². The fraction of sp³-hybridized carbons (Fsp3) is 0.333. The van der Waals surface area contributed by atoms with Gasteiger partial charge in [0, 0.05) is 5.92 Å².